The van der Waals surface area contributed by atoms with Gasteiger partial charge in [-0.2, -0.15) is 0 Å². The van der Waals surface area contributed by atoms with Gasteiger partial charge in [0.25, 0.3) is 0 Å². The van der Waals surface area contributed by atoms with Gasteiger partial charge in [0.1, 0.15) is 23.0 Å². The van der Waals surface area contributed by atoms with Crippen LogP contribution in [0.3, 0.4) is 0 Å². The Balaban J connectivity index is 1.65. The average Bonchev–Trinajstić information content (AvgIpc) is 3.35. The molecule has 1 atom stereocenters. The Morgan fingerprint density at radius 1 is 0.765 bits per heavy atom. The van der Waals surface area contributed by atoms with Crippen LogP contribution in [-0.2, 0) is 0 Å². The number of aromatic nitrogens is 4. The van der Waals surface area contributed by atoms with Crippen LogP contribution < -0.4 is 0 Å². The van der Waals surface area contributed by atoms with Crippen molar-refractivity contribution in [3.05, 3.63) is 96.8 Å². The number of benzene rings is 3. The standard InChI is InChI=1S/C28H18F2N4/c29-17-7-5-9-19(15-17)33-23-13-3-1-11-21(23)25-27(33)32-26-22-12-2-4-14-24(22)34(28(26)31-25)20-10-6-8-18(30)16-20/h1-15,18H,16H2. The first-order valence-corrected chi connectivity index (χ1v) is 11.2. The van der Waals surface area contributed by atoms with Gasteiger partial charge in [-0.1, -0.05) is 54.6 Å². The first-order valence-electron chi connectivity index (χ1n) is 11.2. The fraction of sp³-hybridized carbons (Fsp3) is 0.0714. The molecule has 1 aliphatic carbocycles. The molecule has 1 unspecified atom stereocenters. The van der Waals surface area contributed by atoms with E-state index in [-0.39, 0.29) is 12.2 Å². The van der Waals surface area contributed by atoms with Crippen molar-refractivity contribution in [2.24, 2.45) is 0 Å². The molecule has 3 heterocycles. The molecule has 6 heteroatoms. The molecule has 6 aromatic rings. The van der Waals surface area contributed by atoms with Gasteiger partial charge in [0.15, 0.2) is 11.3 Å². The van der Waals surface area contributed by atoms with E-state index in [9.17, 15) is 8.78 Å². The molecule has 164 valence electrons. The highest BCUT2D eigenvalue weighted by Crippen LogP contribution is 2.36. The van der Waals surface area contributed by atoms with E-state index in [1.807, 2.05) is 69.8 Å². The van der Waals surface area contributed by atoms with Crippen molar-refractivity contribution in [2.45, 2.75) is 12.6 Å². The Kier molecular flexibility index (Phi) is 4.00. The molecule has 7 rings (SSSR count). The molecule has 0 bridgehead atoms. The summed E-state index contributed by atoms with van der Waals surface area (Å²) in [6, 6.07) is 22.3. The zero-order chi connectivity index (χ0) is 22.8. The Labute approximate surface area is 193 Å². The second-order valence-electron chi connectivity index (χ2n) is 8.52. The number of hydrogen-bond acceptors (Lipinski definition) is 2. The Morgan fingerprint density at radius 3 is 2.09 bits per heavy atom. The van der Waals surface area contributed by atoms with E-state index < -0.39 is 6.17 Å². The lowest BCUT2D eigenvalue weighted by atomic mass is 10.1. The maximum atomic E-state index is 14.3. The van der Waals surface area contributed by atoms with Gasteiger partial charge in [-0.25, -0.2) is 18.7 Å². The fourth-order valence-electron chi connectivity index (χ4n) is 5.01. The largest absolute Gasteiger partial charge is 0.296 e. The Bertz CT molecular complexity index is 1820. The van der Waals surface area contributed by atoms with Gasteiger partial charge >= 0.3 is 0 Å². The Hall–Kier alpha value is -4.32. The summed E-state index contributed by atoms with van der Waals surface area (Å²) in [5.41, 5.74) is 6.14. The monoisotopic (exact) mass is 448 g/mol. The average molecular weight is 448 g/mol. The van der Waals surface area contributed by atoms with Crippen LogP contribution in [0.4, 0.5) is 8.78 Å². The minimum atomic E-state index is -1.04. The molecule has 0 amide bonds. The number of allylic oxidation sites excluding steroid dienone is 4. The van der Waals surface area contributed by atoms with Crippen LogP contribution in [0.2, 0.25) is 0 Å². The zero-order valence-electron chi connectivity index (χ0n) is 18.0. The predicted octanol–water partition coefficient (Wildman–Crippen LogP) is 6.96. The molecule has 0 saturated heterocycles. The summed E-state index contributed by atoms with van der Waals surface area (Å²) < 4.78 is 32.4. The molecule has 34 heavy (non-hydrogen) atoms. The molecule has 0 aliphatic heterocycles. The third-order valence-electron chi connectivity index (χ3n) is 6.45. The number of para-hydroxylation sites is 2. The lowest BCUT2D eigenvalue weighted by molar-refractivity contribution is 0.403. The fourth-order valence-corrected chi connectivity index (χ4v) is 5.01. The van der Waals surface area contributed by atoms with Gasteiger partial charge < -0.3 is 0 Å². The summed E-state index contributed by atoms with van der Waals surface area (Å²) in [6.07, 6.45) is 4.49. The Morgan fingerprint density at radius 2 is 1.41 bits per heavy atom. The van der Waals surface area contributed by atoms with Gasteiger partial charge in [-0.15, -0.1) is 0 Å². The minimum Gasteiger partial charge on any atom is -0.296 e. The number of rotatable bonds is 2. The molecular formula is C28H18F2N4. The summed E-state index contributed by atoms with van der Waals surface area (Å²) in [7, 11) is 0. The van der Waals surface area contributed by atoms with Crippen LogP contribution >= 0.6 is 0 Å². The summed E-state index contributed by atoms with van der Waals surface area (Å²) >= 11 is 0. The van der Waals surface area contributed by atoms with Crippen LogP contribution in [0.15, 0.2) is 91.0 Å². The van der Waals surface area contributed by atoms with Crippen LogP contribution in [0.5, 0.6) is 0 Å². The van der Waals surface area contributed by atoms with Gasteiger partial charge in [-0.05, 0) is 36.4 Å². The van der Waals surface area contributed by atoms with Crippen molar-refractivity contribution in [3.63, 3.8) is 0 Å². The summed E-state index contributed by atoms with van der Waals surface area (Å²) in [4.78, 5) is 10.2. The number of alkyl halides is 1. The highest BCUT2D eigenvalue weighted by molar-refractivity contribution is 6.12. The highest BCUT2D eigenvalue weighted by Gasteiger charge is 2.22. The van der Waals surface area contributed by atoms with E-state index in [0.29, 0.717) is 17.0 Å². The molecule has 0 saturated carbocycles. The van der Waals surface area contributed by atoms with E-state index in [0.717, 1.165) is 38.5 Å². The SMILES string of the molecule is Fc1cccc(-n2c3ccccc3c3nc4c(nc32)c2ccccc2n4C2=CC=CC(F)C2)c1. The smallest absolute Gasteiger partial charge is 0.165 e. The third-order valence-corrected chi connectivity index (χ3v) is 6.45. The zero-order valence-corrected chi connectivity index (χ0v) is 18.0. The molecule has 0 radical (unpaired) electrons. The van der Waals surface area contributed by atoms with Gasteiger partial charge in [0.2, 0.25) is 0 Å². The molecule has 0 N–H and O–H groups in total. The number of hydrogen-bond donors (Lipinski definition) is 0. The predicted molar refractivity (Wildman–Crippen MR) is 132 cm³/mol. The summed E-state index contributed by atoms with van der Waals surface area (Å²) in [5.74, 6) is -0.313. The minimum absolute atomic E-state index is 0.273. The van der Waals surface area contributed by atoms with Gasteiger partial charge in [0.05, 0.1) is 16.7 Å². The maximum Gasteiger partial charge on any atom is 0.165 e. The van der Waals surface area contributed by atoms with Crippen molar-refractivity contribution >= 4 is 49.8 Å². The lowest BCUT2D eigenvalue weighted by Gasteiger charge is -2.15. The number of fused-ring (bicyclic) bond motifs is 6. The number of halogens is 2. The topological polar surface area (TPSA) is 35.6 Å². The van der Waals surface area contributed by atoms with Crippen molar-refractivity contribution in [1.29, 1.82) is 0 Å². The quantitative estimate of drug-likeness (QED) is 0.287. The molecule has 4 nitrogen and oxygen atoms in total. The normalized spacial score (nSPS) is 16.2. The van der Waals surface area contributed by atoms with Crippen LogP contribution in [0.25, 0.3) is 55.5 Å². The van der Waals surface area contributed by atoms with E-state index in [1.54, 1.807) is 18.2 Å². The van der Waals surface area contributed by atoms with Gasteiger partial charge in [-0.3, -0.25) is 9.13 Å². The van der Waals surface area contributed by atoms with Crippen molar-refractivity contribution in [2.75, 3.05) is 0 Å². The molecular weight excluding hydrogens is 430 g/mol. The third kappa shape index (κ3) is 2.68. The van der Waals surface area contributed by atoms with E-state index in [1.165, 1.54) is 12.1 Å². The van der Waals surface area contributed by atoms with Crippen molar-refractivity contribution in [3.8, 4) is 5.69 Å². The maximum absolute atomic E-state index is 14.3. The van der Waals surface area contributed by atoms with Gasteiger partial charge in [0, 0.05) is 22.9 Å². The van der Waals surface area contributed by atoms with Crippen LogP contribution in [0, 0.1) is 5.82 Å². The second kappa shape index (κ2) is 7.09. The van der Waals surface area contributed by atoms with Crippen LogP contribution in [0.1, 0.15) is 6.42 Å². The van der Waals surface area contributed by atoms with Crippen molar-refractivity contribution < 1.29 is 8.78 Å². The van der Waals surface area contributed by atoms with E-state index >= 15 is 0 Å². The molecule has 3 aromatic heterocycles. The first-order chi connectivity index (χ1) is 16.7. The lowest BCUT2D eigenvalue weighted by Crippen LogP contribution is -2.07. The van der Waals surface area contributed by atoms with E-state index in [2.05, 4.69) is 0 Å². The number of nitrogens with zero attached hydrogens (tertiary/aromatic N) is 4. The second-order valence-corrected chi connectivity index (χ2v) is 8.52. The van der Waals surface area contributed by atoms with Crippen LogP contribution in [-0.4, -0.2) is 25.3 Å². The summed E-state index contributed by atoms with van der Waals surface area (Å²) in [6.45, 7) is 0. The first kappa shape index (κ1) is 19.2. The van der Waals surface area contributed by atoms with Crippen molar-refractivity contribution in [1.82, 2.24) is 19.1 Å². The molecule has 0 spiro atoms. The molecule has 1 aliphatic rings. The summed E-state index contributed by atoms with van der Waals surface area (Å²) in [5, 5.41) is 1.86. The van der Waals surface area contributed by atoms with E-state index in [4.69, 9.17) is 9.97 Å². The molecule has 0 fully saturated rings. The molecule has 3 aromatic carbocycles. The highest BCUT2D eigenvalue weighted by atomic mass is 19.1.